The van der Waals surface area contributed by atoms with Crippen molar-refractivity contribution in [2.24, 2.45) is 0 Å². The van der Waals surface area contributed by atoms with E-state index in [1.165, 1.54) is 0 Å². The second kappa shape index (κ2) is 5.04. The maximum Gasteiger partial charge on any atom is 0.342 e. The number of aryl methyl sites for hydroxylation is 1. The van der Waals surface area contributed by atoms with Crippen molar-refractivity contribution in [1.82, 2.24) is 0 Å². The summed E-state index contributed by atoms with van der Waals surface area (Å²) in [6.45, 7) is 3.80. The van der Waals surface area contributed by atoms with Crippen molar-refractivity contribution < 1.29 is 18.7 Å². The molecule has 0 aliphatic heterocycles. The van der Waals surface area contributed by atoms with Crippen LogP contribution in [0, 0.1) is 6.92 Å². The maximum atomic E-state index is 11.9. The highest BCUT2D eigenvalue weighted by Crippen LogP contribution is 2.27. The molecule has 0 bridgehead atoms. The Hall–Kier alpha value is -2.10. The zero-order chi connectivity index (χ0) is 13.1. The molecule has 4 heteroatoms. The van der Waals surface area contributed by atoms with Crippen LogP contribution in [0.3, 0.4) is 0 Å². The van der Waals surface area contributed by atoms with Crippen molar-refractivity contribution in [3.8, 4) is 0 Å². The van der Waals surface area contributed by atoms with E-state index in [0.717, 1.165) is 11.8 Å². The summed E-state index contributed by atoms with van der Waals surface area (Å²) in [5, 5.41) is 0.699. The summed E-state index contributed by atoms with van der Waals surface area (Å²) in [6, 6.07) is 5.38. The molecular weight excluding hydrogens is 232 g/mol. The SMILES string of the molecule is CCOC(=O)c1c(C)oc2ccc(CC=O)cc12. The van der Waals surface area contributed by atoms with Gasteiger partial charge in [-0.2, -0.15) is 0 Å². The molecule has 0 saturated heterocycles. The fraction of sp³-hybridized carbons (Fsp3) is 0.286. The van der Waals surface area contributed by atoms with Gasteiger partial charge in [-0.1, -0.05) is 6.07 Å². The molecule has 0 N–H and O–H groups in total. The number of fused-ring (bicyclic) bond motifs is 1. The summed E-state index contributed by atoms with van der Waals surface area (Å²) in [7, 11) is 0. The van der Waals surface area contributed by atoms with E-state index in [1.54, 1.807) is 26.0 Å². The minimum absolute atomic E-state index is 0.318. The van der Waals surface area contributed by atoms with Crippen LogP contribution < -0.4 is 0 Å². The molecule has 1 heterocycles. The summed E-state index contributed by atoms with van der Waals surface area (Å²) in [6.07, 6.45) is 1.15. The lowest BCUT2D eigenvalue weighted by atomic mass is 10.1. The monoisotopic (exact) mass is 246 g/mol. The van der Waals surface area contributed by atoms with Gasteiger partial charge in [-0.25, -0.2) is 4.79 Å². The standard InChI is InChI=1S/C14H14O4/c1-3-17-14(16)13-9(2)18-12-5-4-10(6-7-15)8-11(12)13/h4-5,7-8H,3,6H2,1-2H3. The first-order chi connectivity index (χ1) is 8.67. The van der Waals surface area contributed by atoms with Crippen molar-refractivity contribution in [2.45, 2.75) is 20.3 Å². The van der Waals surface area contributed by atoms with Gasteiger partial charge in [0.05, 0.1) is 6.61 Å². The third-order valence-corrected chi connectivity index (χ3v) is 2.73. The Morgan fingerprint density at radius 2 is 2.22 bits per heavy atom. The maximum absolute atomic E-state index is 11.9. The van der Waals surface area contributed by atoms with E-state index < -0.39 is 5.97 Å². The number of hydrogen-bond donors (Lipinski definition) is 0. The first kappa shape index (κ1) is 12.4. The lowest BCUT2D eigenvalue weighted by Gasteiger charge is -2.01. The highest BCUT2D eigenvalue weighted by Gasteiger charge is 2.19. The summed E-state index contributed by atoms with van der Waals surface area (Å²) >= 11 is 0. The Balaban J connectivity index is 2.56. The van der Waals surface area contributed by atoms with Gasteiger partial charge in [0.2, 0.25) is 0 Å². The first-order valence-corrected chi connectivity index (χ1v) is 5.80. The molecule has 0 amide bonds. The van der Waals surface area contributed by atoms with Crippen LogP contribution in [0.15, 0.2) is 22.6 Å². The highest BCUT2D eigenvalue weighted by molar-refractivity contribution is 6.04. The smallest absolute Gasteiger partial charge is 0.342 e. The van der Waals surface area contributed by atoms with Crippen LogP contribution >= 0.6 is 0 Å². The normalized spacial score (nSPS) is 10.6. The molecule has 0 aliphatic carbocycles. The molecule has 0 fully saturated rings. The zero-order valence-electron chi connectivity index (χ0n) is 10.4. The van der Waals surface area contributed by atoms with E-state index in [-0.39, 0.29) is 0 Å². The predicted octanol–water partition coefficient (Wildman–Crippen LogP) is 2.66. The third-order valence-electron chi connectivity index (χ3n) is 2.73. The molecule has 18 heavy (non-hydrogen) atoms. The fourth-order valence-electron chi connectivity index (χ4n) is 1.95. The van der Waals surface area contributed by atoms with Crippen LogP contribution in [0.4, 0.5) is 0 Å². The molecule has 1 aromatic heterocycles. The molecule has 2 aromatic rings. The molecular formula is C14H14O4. The number of aldehydes is 1. The van der Waals surface area contributed by atoms with Gasteiger partial charge in [-0.05, 0) is 31.5 Å². The lowest BCUT2D eigenvalue weighted by Crippen LogP contribution is -2.05. The quantitative estimate of drug-likeness (QED) is 0.614. The van der Waals surface area contributed by atoms with Crippen molar-refractivity contribution in [2.75, 3.05) is 6.61 Å². The number of hydrogen-bond acceptors (Lipinski definition) is 4. The molecule has 0 unspecified atom stereocenters. The van der Waals surface area contributed by atoms with Crippen molar-refractivity contribution in [3.05, 3.63) is 35.1 Å². The largest absolute Gasteiger partial charge is 0.462 e. The van der Waals surface area contributed by atoms with Gasteiger partial charge in [-0.3, -0.25) is 0 Å². The molecule has 2 rings (SSSR count). The first-order valence-electron chi connectivity index (χ1n) is 5.80. The molecule has 0 saturated carbocycles. The van der Waals surface area contributed by atoms with Crippen LogP contribution in [0.25, 0.3) is 11.0 Å². The minimum atomic E-state index is -0.392. The van der Waals surface area contributed by atoms with E-state index in [4.69, 9.17) is 9.15 Å². The van der Waals surface area contributed by atoms with Crippen molar-refractivity contribution >= 4 is 23.2 Å². The fourth-order valence-corrected chi connectivity index (χ4v) is 1.95. The molecule has 4 nitrogen and oxygen atoms in total. The summed E-state index contributed by atoms with van der Waals surface area (Å²) in [5.74, 6) is 0.142. The number of furan rings is 1. The summed E-state index contributed by atoms with van der Waals surface area (Å²) < 4.78 is 10.5. The van der Waals surface area contributed by atoms with E-state index in [1.807, 2.05) is 6.07 Å². The molecule has 0 atom stereocenters. The molecule has 94 valence electrons. The van der Waals surface area contributed by atoms with Crippen molar-refractivity contribution in [3.63, 3.8) is 0 Å². The second-order valence-electron chi connectivity index (χ2n) is 3.96. The Labute approximate surface area is 105 Å². The zero-order valence-corrected chi connectivity index (χ0v) is 10.4. The topological polar surface area (TPSA) is 56.5 Å². The van der Waals surface area contributed by atoms with Gasteiger partial charge in [0.25, 0.3) is 0 Å². The van der Waals surface area contributed by atoms with Gasteiger partial charge in [0, 0.05) is 11.8 Å². The summed E-state index contributed by atoms with van der Waals surface area (Å²) in [4.78, 5) is 22.4. The number of carbonyl (C=O) groups excluding carboxylic acids is 2. The van der Waals surface area contributed by atoms with Crippen molar-refractivity contribution in [1.29, 1.82) is 0 Å². The number of benzene rings is 1. The third kappa shape index (κ3) is 2.14. The van der Waals surface area contributed by atoms with Gasteiger partial charge >= 0.3 is 5.97 Å². The van der Waals surface area contributed by atoms with E-state index in [0.29, 0.717) is 35.3 Å². The van der Waals surface area contributed by atoms with Crippen LogP contribution in [0.5, 0.6) is 0 Å². The lowest BCUT2D eigenvalue weighted by molar-refractivity contribution is -0.107. The number of ether oxygens (including phenoxy) is 1. The van der Waals surface area contributed by atoms with Crippen LogP contribution in [0.1, 0.15) is 28.6 Å². The average molecular weight is 246 g/mol. The van der Waals surface area contributed by atoms with E-state index >= 15 is 0 Å². The molecule has 0 spiro atoms. The van der Waals surface area contributed by atoms with Gasteiger partial charge in [0.15, 0.2) is 0 Å². The molecule has 1 aromatic carbocycles. The minimum Gasteiger partial charge on any atom is -0.462 e. The van der Waals surface area contributed by atoms with E-state index in [9.17, 15) is 9.59 Å². The Kier molecular flexibility index (Phi) is 3.46. The number of carbonyl (C=O) groups is 2. The number of rotatable bonds is 4. The Morgan fingerprint density at radius 3 is 2.89 bits per heavy atom. The van der Waals surface area contributed by atoms with Gasteiger partial charge in [-0.15, -0.1) is 0 Å². The Morgan fingerprint density at radius 1 is 1.44 bits per heavy atom. The number of esters is 1. The molecule has 0 aliphatic rings. The predicted molar refractivity (Wildman–Crippen MR) is 66.7 cm³/mol. The van der Waals surface area contributed by atoms with E-state index in [2.05, 4.69) is 0 Å². The summed E-state index contributed by atoms with van der Waals surface area (Å²) in [5.41, 5.74) is 1.92. The Bertz CT molecular complexity index is 595. The average Bonchev–Trinajstić information content (AvgIpc) is 2.65. The van der Waals surface area contributed by atoms with Gasteiger partial charge < -0.3 is 13.9 Å². The molecule has 0 radical (unpaired) electrons. The highest BCUT2D eigenvalue weighted by atomic mass is 16.5. The van der Waals surface area contributed by atoms with Crippen LogP contribution in [-0.4, -0.2) is 18.9 Å². The van der Waals surface area contributed by atoms with Gasteiger partial charge in [0.1, 0.15) is 23.2 Å². The van der Waals surface area contributed by atoms with Crippen LogP contribution in [-0.2, 0) is 16.0 Å². The second-order valence-corrected chi connectivity index (χ2v) is 3.96. The van der Waals surface area contributed by atoms with Crippen LogP contribution in [0.2, 0.25) is 0 Å².